The number of carbonyl (C=O) groups excluding carboxylic acids is 1. The Bertz CT molecular complexity index is 364. The van der Waals surface area contributed by atoms with E-state index >= 15 is 0 Å². The Balaban J connectivity index is 2.18. The van der Waals surface area contributed by atoms with Crippen molar-refractivity contribution in [3.63, 3.8) is 0 Å². The van der Waals surface area contributed by atoms with Crippen molar-refractivity contribution in [3.05, 3.63) is 11.6 Å². The molecule has 2 aliphatic carbocycles. The van der Waals surface area contributed by atoms with Gasteiger partial charge in [0.1, 0.15) is 6.10 Å². The topological polar surface area (TPSA) is 26.3 Å². The second-order valence-electron chi connectivity index (χ2n) is 6.01. The lowest BCUT2D eigenvalue weighted by atomic mass is 9.63. The number of esters is 1. The largest absolute Gasteiger partial charge is 0.462 e. The summed E-state index contributed by atoms with van der Waals surface area (Å²) in [6, 6.07) is 0. The van der Waals surface area contributed by atoms with Crippen LogP contribution in [0.3, 0.4) is 0 Å². The van der Waals surface area contributed by atoms with Crippen LogP contribution in [0.2, 0.25) is 0 Å². The molecule has 2 rings (SSSR count). The maximum absolute atomic E-state index is 11.2. The molecule has 0 unspecified atom stereocenters. The summed E-state index contributed by atoms with van der Waals surface area (Å²) >= 11 is 6.02. The minimum atomic E-state index is -0.150. The van der Waals surface area contributed by atoms with Crippen LogP contribution in [-0.4, -0.2) is 18.0 Å². The number of hydrogen-bond donors (Lipinski definition) is 0. The fraction of sp³-hybridized carbons (Fsp3) is 0.800. The third kappa shape index (κ3) is 2.32. The molecule has 1 fully saturated rings. The molecule has 2 nitrogen and oxygen atoms in total. The number of allylic oxidation sites excluding steroid dienone is 2. The van der Waals surface area contributed by atoms with E-state index in [9.17, 15) is 4.79 Å². The summed E-state index contributed by atoms with van der Waals surface area (Å²) in [6.07, 6.45) is 6.82. The van der Waals surface area contributed by atoms with Gasteiger partial charge >= 0.3 is 5.97 Å². The predicted molar refractivity (Wildman–Crippen MR) is 73.6 cm³/mol. The number of hydrogen-bond acceptors (Lipinski definition) is 2. The lowest BCUT2D eigenvalue weighted by Gasteiger charge is -2.44. The predicted octanol–water partition coefficient (Wildman–Crippen LogP) is 3.93. The summed E-state index contributed by atoms with van der Waals surface area (Å²) in [5.74, 6) is 1.41. The van der Waals surface area contributed by atoms with Crippen LogP contribution in [0, 0.1) is 17.3 Å². The van der Waals surface area contributed by atoms with Crippen molar-refractivity contribution < 1.29 is 9.53 Å². The lowest BCUT2D eigenvalue weighted by molar-refractivity contribution is -0.153. The average molecular weight is 271 g/mol. The number of rotatable bonds is 3. The summed E-state index contributed by atoms with van der Waals surface area (Å²) in [5, 5.41) is 0. The molecule has 0 amide bonds. The van der Waals surface area contributed by atoms with Gasteiger partial charge in [-0.2, -0.15) is 0 Å². The van der Waals surface area contributed by atoms with Gasteiger partial charge in [0.2, 0.25) is 0 Å². The van der Waals surface area contributed by atoms with E-state index in [1.54, 1.807) is 0 Å². The van der Waals surface area contributed by atoms with Gasteiger partial charge in [0.15, 0.2) is 0 Å². The first-order valence-electron chi connectivity index (χ1n) is 6.92. The molecule has 0 aliphatic heterocycles. The summed E-state index contributed by atoms with van der Waals surface area (Å²) < 4.78 is 5.53. The second kappa shape index (κ2) is 5.24. The number of carbonyl (C=O) groups is 1. The van der Waals surface area contributed by atoms with E-state index in [1.807, 2.05) is 0 Å². The van der Waals surface area contributed by atoms with Gasteiger partial charge in [0.25, 0.3) is 0 Å². The van der Waals surface area contributed by atoms with E-state index in [0.717, 1.165) is 19.3 Å². The number of halogens is 1. The van der Waals surface area contributed by atoms with Crippen molar-refractivity contribution in [2.45, 2.75) is 52.6 Å². The zero-order chi connectivity index (χ0) is 13.3. The Hall–Kier alpha value is -0.500. The van der Waals surface area contributed by atoms with Crippen LogP contribution in [0.25, 0.3) is 0 Å². The maximum atomic E-state index is 11.2. The molecule has 0 aromatic heterocycles. The third-order valence-electron chi connectivity index (χ3n) is 4.78. The number of fused-ring (bicyclic) bond motifs is 1. The normalized spacial score (nSPS) is 36.8. The first-order chi connectivity index (χ1) is 8.49. The van der Waals surface area contributed by atoms with E-state index in [1.165, 1.54) is 18.9 Å². The Morgan fingerprint density at radius 2 is 2.39 bits per heavy atom. The van der Waals surface area contributed by atoms with Gasteiger partial charge in [0.05, 0.1) is 0 Å². The molecule has 0 radical (unpaired) electrons. The molecule has 4 atom stereocenters. The van der Waals surface area contributed by atoms with Crippen LogP contribution in [0.4, 0.5) is 0 Å². The number of ether oxygens (including phenoxy) is 1. The average Bonchev–Trinajstić information content (AvgIpc) is 2.66. The van der Waals surface area contributed by atoms with E-state index in [-0.39, 0.29) is 17.5 Å². The molecule has 1 saturated carbocycles. The van der Waals surface area contributed by atoms with Crippen LogP contribution in [0.5, 0.6) is 0 Å². The monoisotopic (exact) mass is 270 g/mol. The smallest absolute Gasteiger partial charge is 0.302 e. The zero-order valence-corrected chi connectivity index (χ0v) is 12.3. The van der Waals surface area contributed by atoms with E-state index in [0.29, 0.717) is 17.7 Å². The summed E-state index contributed by atoms with van der Waals surface area (Å²) in [7, 11) is 0. The Morgan fingerprint density at radius 1 is 1.67 bits per heavy atom. The molecule has 0 bridgehead atoms. The molecule has 102 valence electrons. The highest BCUT2D eigenvalue weighted by Crippen LogP contribution is 2.55. The molecule has 0 saturated heterocycles. The van der Waals surface area contributed by atoms with Crippen molar-refractivity contribution >= 4 is 17.6 Å². The van der Waals surface area contributed by atoms with E-state index in [4.69, 9.17) is 16.3 Å². The molecule has 0 aromatic carbocycles. The SMILES string of the molecule is CC(=O)O[C@H]1CCC[C@]2(C)C([C@H](C)CCl)=CC[C@@H]12. The Morgan fingerprint density at radius 3 is 3.00 bits per heavy atom. The van der Waals surface area contributed by atoms with E-state index in [2.05, 4.69) is 19.9 Å². The van der Waals surface area contributed by atoms with Crippen molar-refractivity contribution in [1.29, 1.82) is 0 Å². The third-order valence-corrected chi connectivity index (χ3v) is 5.25. The highest BCUT2D eigenvalue weighted by atomic mass is 35.5. The minimum absolute atomic E-state index is 0.0949. The summed E-state index contributed by atoms with van der Waals surface area (Å²) in [4.78, 5) is 11.2. The standard InChI is InChI=1S/C15H23ClO2/c1-10(9-16)12-6-7-13-14(18-11(2)17)5-4-8-15(12,13)3/h6,10,13-14H,4-5,7-9H2,1-3H3/t10-,13+,14+,15-/m1/s1. The fourth-order valence-corrected chi connectivity index (χ4v) is 4.09. The van der Waals surface area contributed by atoms with Crippen molar-refractivity contribution in [1.82, 2.24) is 0 Å². The summed E-state index contributed by atoms with van der Waals surface area (Å²) in [5.41, 5.74) is 1.67. The molecule has 0 aromatic rings. The molecular formula is C15H23ClO2. The van der Waals surface area contributed by atoms with Crippen molar-refractivity contribution in [3.8, 4) is 0 Å². The second-order valence-corrected chi connectivity index (χ2v) is 6.32. The van der Waals surface area contributed by atoms with Crippen LogP contribution in [-0.2, 0) is 9.53 Å². The van der Waals surface area contributed by atoms with Gasteiger partial charge in [0, 0.05) is 18.7 Å². The minimum Gasteiger partial charge on any atom is -0.462 e. The molecule has 3 heteroatoms. The van der Waals surface area contributed by atoms with Gasteiger partial charge in [-0.15, -0.1) is 11.6 Å². The van der Waals surface area contributed by atoms with Crippen LogP contribution in [0.1, 0.15) is 46.5 Å². The first kappa shape index (κ1) is 13.9. The van der Waals surface area contributed by atoms with Gasteiger partial charge < -0.3 is 4.74 Å². The quantitative estimate of drug-likeness (QED) is 0.441. The Labute approximate surface area is 115 Å². The van der Waals surface area contributed by atoms with Crippen molar-refractivity contribution in [2.75, 3.05) is 5.88 Å². The molecule has 0 N–H and O–H groups in total. The van der Waals surface area contributed by atoms with Gasteiger partial charge in [-0.3, -0.25) is 4.79 Å². The van der Waals surface area contributed by atoms with E-state index < -0.39 is 0 Å². The highest BCUT2D eigenvalue weighted by molar-refractivity contribution is 6.18. The van der Waals surface area contributed by atoms with Crippen LogP contribution < -0.4 is 0 Å². The van der Waals surface area contributed by atoms with Crippen molar-refractivity contribution in [2.24, 2.45) is 17.3 Å². The summed E-state index contributed by atoms with van der Waals surface area (Å²) in [6.45, 7) is 6.04. The molecule has 18 heavy (non-hydrogen) atoms. The van der Waals surface area contributed by atoms with Crippen LogP contribution in [0.15, 0.2) is 11.6 Å². The molecule has 0 spiro atoms. The van der Waals surface area contributed by atoms with Gasteiger partial charge in [-0.05, 0) is 37.0 Å². The van der Waals surface area contributed by atoms with Crippen LogP contribution >= 0.6 is 11.6 Å². The lowest BCUT2D eigenvalue weighted by Crippen LogP contribution is -2.41. The highest BCUT2D eigenvalue weighted by Gasteiger charge is 2.49. The molecule has 2 aliphatic rings. The Kier molecular flexibility index (Phi) is 4.05. The van der Waals surface area contributed by atoms with Gasteiger partial charge in [-0.1, -0.05) is 25.5 Å². The fourth-order valence-electron chi connectivity index (χ4n) is 3.93. The number of alkyl halides is 1. The maximum Gasteiger partial charge on any atom is 0.302 e. The molecule has 0 heterocycles. The molecular weight excluding hydrogens is 248 g/mol. The zero-order valence-electron chi connectivity index (χ0n) is 11.5. The van der Waals surface area contributed by atoms with Gasteiger partial charge in [-0.25, -0.2) is 0 Å². The first-order valence-corrected chi connectivity index (χ1v) is 7.46.